The standard InChI is InChI=1S/C10H15N3O2S/c1-2-7-8(16-13-12-7)9(15)11-10(6-14)4-3-5-10/h14H,2-6H2,1H3,(H,11,15). The third-order valence-electron chi connectivity index (χ3n) is 3.09. The van der Waals surface area contributed by atoms with E-state index in [4.69, 9.17) is 0 Å². The number of nitrogens with zero attached hydrogens (tertiary/aromatic N) is 2. The van der Waals surface area contributed by atoms with E-state index in [-0.39, 0.29) is 12.5 Å². The fraction of sp³-hybridized carbons (Fsp3) is 0.700. The number of amides is 1. The van der Waals surface area contributed by atoms with Gasteiger partial charge in [0.2, 0.25) is 0 Å². The third-order valence-corrected chi connectivity index (χ3v) is 3.86. The van der Waals surface area contributed by atoms with Gasteiger partial charge in [-0.05, 0) is 37.2 Å². The van der Waals surface area contributed by atoms with Crippen molar-refractivity contribution in [2.75, 3.05) is 6.61 Å². The Morgan fingerprint density at radius 3 is 2.88 bits per heavy atom. The van der Waals surface area contributed by atoms with Crippen molar-refractivity contribution in [2.24, 2.45) is 0 Å². The molecule has 1 amide bonds. The van der Waals surface area contributed by atoms with Crippen LogP contribution in [0.25, 0.3) is 0 Å². The van der Waals surface area contributed by atoms with Crippen LogP contribution in [0.2, 0.25) is 0 Å². The largest absolute Gasteiger partial charge is 0.394 e. The number of carbonyl (C=O) groups is 1. The van der Waals surface area contributed by atoms with Crippen LogP contribution in [0.1, 0.15) is 41.6 Å². The first kappa shape index (κ1) is 11.5. The summed E-state index contributed by atoms with van der Waals surface area (Å²) in [6.45, 7) is 1.95. The topological polar surface area (TPSA) is 75.1 Å². The Morgan fingerprint density at radius 1 is 1.62 bits per heavy atom. The van der Waals surface area contributed by atoms with Crippen molar-refractivity contribution in [1.82, 2.24) is 14.9 Å². The predicted molar refractivity (Wildman–Crippen MR) is 60.4 cm³/mol. The van der Waals surface area contributed by atoms with E-state index in [1.54, 1.807) is 0 Å². The molecule has 2 rings (SSSR count). The maximum absolute atomic E-state index is 12.0. The second-order valence-electron chi connectivity index (χ2n) is 4.15. The fourth-order valence-corrected chi connectivity index (χ4v) is 2.48. The lowest BCUT2D eigenvalue weighted by Gasteiger charge is -2.40. The first-order chi connectivity index (χ1) is 7.71. The smallest absolute Gasteiger partial charge is 0.265 e. The lowest BCUT2D eigenvalue weighted by atomic mass is 9.77. The van der Waals surface area contributed by atoms with Crippen molar-refractivity contribution in [3.63, 3.8) is 0 Å². The maximum Gasteiger partial charge on any atom is 0.265 e. The number of aliphatic hydroxyl groups excluding tert-OH is 1. The second kappa shape index (κ2) is 4.47. The normalized spacial score (nSPS) is 17.9. The molecule has 1 aliphatic carbocycles. The Kier molecular flexibility index (Phi) is 3.20. The summed E-state index contributed by atoms with van der Waals surface area (Å²) in [4.78, 5) is 12.5. The Morgan fingerprint density at radius 2 is 2.38 bits per heavy atom. The number of hydrogen-bond donors (Lipinski definition) is 2. The lowest BCUT2D eigenvalue weighted by molar-refractivity contribution is 0.0644. The molecule has 16 heavy (non-hydrogen) atoms. The van der Waals surface area contributed by atoms with E-state index in [0.29, 0.717) is 11.3 Å². The molecule has 88 valence electrons. The molecule has 5 nitrogen and oxygen atoms in total. The summed E-state index contributed by atoms with van der Waals surface area (Å²) in [5, 5.41) is 16.1. The van der Waals surface area contributed by atoms with Crippen molar-refractivity contribution >= 4 is 17.4 Å². The number of hydrogen-bond acceptors (Lipinski definition) is 5. The van der Waals surface area contributed by atoms with Crippen molar-refractivity contribution < 1.29 is 9.90 Å². The van der Waals surface area contributed by atoms with Gasteiger partial charge in [0.15, 0.2) is 0 Å². The van der Waals surface area contributed by atoms with Gasteiger partial charge in [0.05, 0.1) is 17.8 Å². The van der Waals surface area contributed by atoms with E-state index in [1.807, 2.05) is 6.92 Å². The third kappa shape index (κ3) is 1.94. The first-order valence-corrected chi connectivity index (χ1v) is 6.23. The molecule has 0 saturated heterocycles. The Labute approximate surface area is 98.0 Å². The number of aromatic nitrogens is 2. The van der Waals surface area contributed by atoms with Gasteiger partial charge in [-0.15, -0.1) is 5.10 Å². The van der Waals surface area contributed by atoms with Gasteiger partial charge in [0.25, 0.3) is 5.91 Å². The van der Waals surface area contributed by atoms with Crippen LogP contribution in [0.4, 0.5) is 0 Å². The molecule has 1 aliphatic rings. The predicted octanol–water partition coefficient (Wildman–Crippen LogP) is 0.745. The summed E-state index contributed by atoms with van der Waals surface area (Å²) in [7, 11) is 0. The van der Waals surface area contributed by atoms with E-state index < -0.39 is 5.54 Å². The lowest BCUT2D eigenvalue weighted by Crippen LogP contribution is -2.56. The number of aliphatic hydroxyl groups is 1. The van der Waals surface area contributed by atoms with Crippen LogP contribution < -0.4 is 5.32 Å². The SMILES string of the molecule is CCc1nnsc1C(=O)NC1(CO)CCC1. The second-order valence-corrected chi connectivity index (χ2v) is 4.90. The Hall–Kier alpha value is -1.01. The Balaban J connectivity index is 2.08. The van der Waals surface area contributed by atoms with Gasteiger partial charge in [-0.25, -0.2) is 0 Å². The number of nitrogens with one attached hydrogen (secondary N) is 1. The van der Waals surface area contributed by atoms with Gasteiger partial charge in [-0.3, -0.25) is 4.79 Å². The minimum Gasteiger partial charge on any atom is -0.394 e. The van der Waals surface area contributed by atoms with Gasteiger partial charge in [0, 0.05) is 0 Å². The molecule has 1 aromatic rings. The van der Waals surface area contributed by atoms with Crippen LogP contribution in [0, 0.1) is 0 Å². The summed E-state index contributed by atoms with van der Waals surface area (Å²) >= 11 is 1.11. The van der Waals surface area contributed by atoms with Crippen LogP contribution >= 0.6 is 11.5 Å². The van der Waals surface area contributed by atoms with Crippen molar-refractivity contribution in [1.29, 1.82) is 0 Å². The molecule has 1 fully saturated rings. The van der Waals surface area contributed by atoms with Gasteiger partial charge in [-0.1, -0.05) is 11.4 Å². The molecule has 0 bridgehead atoms. The van der Waals surface area contributed by atoms with Crippen LogP contribution in [0.3, 0.4) is 0 Å². The first-order valence-electron chi connectivity index (χ1n) is 5.45. The number of rotatable bonds is 4. The van der Waals surface area contributed by atoms with E-state index in [0.717, 1.165) is 36.5 Å². The van der Waals surface area contributed by atoms with Gasteiger partial charge < -0.3 is 10.4 Å². The molecular formula is C10H15N3O2S. The van der Waals surface area contributed by atoms with Crippen LogP contribution in [0.15, 0.2) is 0 Å². The highest BCUT2D eigenvalue weighted by Gasteiger charge is 2.38. The minimum atomic E-state index is -0.397. The zero-order valence-electron chi connectivity index (χ0n) is 9.19. The van der Waals surface area contributed by atoms with E-state index in [1.165, 1.54) is 0 Å². The van der Waals surface area contributed by atoms with Crippen LogP contribution in [-0.2, 0) is 6.42 Å². The summed E-state index contributed by atoms with van der Waals surface area (Å²) < 4.78 is 3.78. The van der Waals surface area contributed by atoms with Crippen molar-refractivity contribution in [3.8, 4) is 0 Å². The van der Waals surface area contributed by atoms with Gasteiger partial charge in [0.1, 0.15) is 4.88 Å². The summed E-state index contributed by atoms with van der Waals surface area (Å²) in [6.07, 6.45) is 3.46. The monoisotopic (exact) mass is 241 g/mol. The molecule has 2 N–H and O–H groups in total. The summed E-state index contributed by atoms with van der Waals surface area (Å²) in [5.74, 6) is -0.152. The quantitative estimate of drug-likeness (QED) is 0.815. The molecule has 1 aromatic heterocycles. The minimum absolute atomic E-state index is 0.00638. The zero-order valence-corrected chi connectivity index (χ0v) is 10.0. The summed E-state index contributed by atoms with van der Waals surface area (Å²) in [5.41, 5.74) is 0.335. The van der Waals surface area contributed by atoms with E-state index in [2.05, 4.69) is 14.9 Å². The number of aryl methyl sites for hydroxylation is 1. The fourth-order valence-electron chi connectivity index (χ4n) is 1.84. The molecule has 0 radical (unpaired) electrons. The molecule has 0 aromatic carbocycles. The molecule has 1 saturated carbocycles. The molecular weight excluding hydrogens is 226 g/mol. The van der Waals surface area contributed by atoms with Crippen molar-refractivity contribution in [3.05, 3.63) is 10.6 Å². The molecule has 6 heteroatoms. The molecule has 0 aliphatic heterocycles. The average Bonchev–Trinajstić information content (AvgIpc) is 2.71. The highest BCUT2D eigenvalue weighted by atomic mass is 32.1. The zero-order chi connectivity index (χ0) is 11.6. The van der Waals surface area contributed by atoms with E-state index in [9.17, 15) is 9.90 Å². The maximum atomic E-state index is 12.0. The van der Waals surface area contributed by atoms with Crippen LogP contribution in [0.5, 0.6) is 0 Å². The van der Waals surface area contributed by atoms with Gasteiger partial charge >= 0.3 is 0 Å². The average molecular weight is 241 g/mol. The molecule has 0 spiro atoms. The molecule has 0 unspecified atom stereocenters. The van der Waals surface area contributed by atoms with E-state index >= 15 is 0 Å². The Bertz CT molecular complexity index is 382. The van der Waals surface area contributed by atoms with Crippen LogP contribution in [-0.4, -0.2) is 32.7 Å². The van der Waals surface area contributed by atoms with Gasteiger partial charge in [-0.2, -0.15) is 0 Å². The van der Waals surface area contributed by atoms with Crippen molar-refractivity contribution in [2.45, 2.75) is 38.1 Å². The highest BCUT2D eigenvalue weighted by Crippen LogP contribution is 2.31. The highest BCUT2D eigenvalue weighted by molar-refractivity contribution is 7.08. The number of carbonyl (C=O) groups excluding carboxylic acids is 1. The summed E-state index contributed by atoms with van der Waals surface area (Å²) in [6, 6.07) is 0. The molecule has 0 atom stereocenters. The molecule has 1 heterocycles.